The normalized spacial score (nSPS) is 24.7. The van der Waals surface area contributed by atoms with Crippen molar-refractivity contribution in [2.75, 3.05) is 24.6 Å². The van der Waals surface area contributed by atoms with Gasteiger partial charge < -0.3 is 9.64 Å². The third kappa shape index (κ3) is 1.90. The Balaban J connectivity index is 1.89. The van der Waals surface area contributed by atoms with Crippen molar-refractivity contribution in [1.29, 1.82) is 0 Å². The van der Waals surface area contributed by atoms with Gasteiger partial charge in [-0.15, -0.1) is 14.8 Å². The van der Waals surface area contributed by atoms with Gasteiger partial charge in [0.05, 0.1) is 12.2 Å². The number of rotatable bonds is 2. The zero-order valence-corrected chi connectivity index (χ0v) is 10.6. The second-order valence-corrected chi connectivity index (χ2v) is 4.79. The van der Waals surface area contributed by atoms with Crippen LogP contribution >= 0.6 is 0 Å². The van der Waals surface area contributed by atoms with Gasteiger partial charge in [0, 0.05) is 13.1 Å². The van der Waals surface area contributed by atoms with Crippen molar-refractivity contribution in [2.45, 2.75) is 25.9 Å². The third-order valence-corrected chi connectivity index (χ3v) is 3.46. The highest BCUT2D eigenvalue weighted by atomic mass is 16.5. The van der Waals surface area contributed by atoms with E-state index >= 15 is 0 Å². The molecule has 2 aromatic heterocycles. The molecule has 1 aliphatic heterocycles. The first-order valence-corrected chi connectivity index (χ1v) is 6.14. The summed E-state index contributed by atoms with van der Waals surface area (Å²) in [7, 11) is 0. The molecule has 1 aliphatic rings. The van der Waals surface area contributed by atoms with Crippen molar-refractivity contribution >= 4 is 11.5 Å². The highest BCUT2D eigenvalue weighted by molar-refractivity contribution is 5.44. The Morgan fingerprint density at radius 3 is 3.17 bits per heavy atom. The summed E-state index contributed by atoms with van der Waals surface area (Å²) >= 11 is 0. The van der Waals surface area contributed by atoms with Gasteiger partial charge in [0.2, 0.25) is 0 Å². The van der Waals surface area contributed by atoms with Gasteiger partial charge in [-0.2, -0.15) is 0 Å². The fraction of sp³-hybridized carbons (Fsp3) is 0.636. The molecule has 1 saturated heterocycles. The topological polar surface area (TPSA) is 68.4 Å². The van der Waals surface area contributed by atoms with Gasteiger partial charge in [-0.1, -0.05) is 6.92 Å². The number of aromatic nitrogens is 5. The van der Waals surface area contributed by atoms with Gasteiger partial charge in [-0.05, 0) is 35.9 Å². The predicted octanol–water partition coefficient (Wildman–Crippen LogP) is 0.525. The zero-order valence-electron chi connectivity index (χ0n) is 10.6. The number of hydrogen-bond donors (Lipinski definition) is 0. The van der Waals surface area contributed by atoms with E-state index in [-0.39, 0.29) is 5.60 Å². The minimum absolute atomic E-state index is 0.102. The number of ether oxygens (including phenoxy) is 1. The maximum absolute atomic E-state index is 5.82. The maximum Gasteiger partial charge on any atom is 0.200 e. The summed E-state index contributed by atoms with van der Waals surface area (Å²) in [6, 6.07) is 3.83. The maximum atomic E-state index is 5.82. The molecule has 0 radical (unpaired) electrons. The number of morpholine rings is 1. The van der Waals surface area contributed by atoms with Gasteiger partial charge >= 0.3 is 0 Å². The lowest BCUT2D eigenvalue weighted by atomic mass is 10.0. The Labute approximate surface area is 105 Å². The lowest BCUT2D eigenvalue weighted by Gasteiger charge is -2.40. The lowest BCUT2D eigenvalue weighted by Crippen LogP contribution is -2.50. The molecular formula is C11H16N6O. The molecule has 2 aromatic rings. The quantitative estimate of drug-likeness (QED) is 0.772. The van der Waals surface area contributed by atoms with Gasteiger partial charge in [0.1, 0.15) is 0 Å². The minimum Gasteiger partial charge on any atom is -0.372 e. The van der Waals surface area contributed by atoms with E-state index < -0.39 is 0 Å². The molecule has 3 heterocycles. The van der Waals surface area contributed by atoms with E-state index in [1.54, 1.807) is 0 Å². The van der Waals surface area contributed by atoms with Crippen LogP contribution in [0, 0.1) is 0 Å². The van der Waals surface area contributed by atoms with E-state index in [2.05, 4.69) is 39.4 Å². The van der Waals surface area contributed by atoms with Crippen molar-refractivity contribution in [2.24, 2.45) is 0 Å². The van der Waals surface area contributed by atoms with Crippen LogP contribution in [0.5, 0.6) is 0 Å². The average molecular weight is 248 g/mol. The Morgan fingerprint density at radius 1 is 1.44 bits per heavy atom. The fourth-order valence-electron chi connectivity index (χ4n) is 2.15. The van der Waals surface area contributed by atoms with Crippen molar-refractivity contribution in [3.8, 4) is 0 Å². The Morgan fingerprint density at radius 2 is 2.33 bits per heavy atom. The second-order valence-electron chi connectivity index (χ2n) is 4.79. The SMILES string of the molecule is CCC1(C)CN(c2ccc3nnnn3n2)CCO1. The van der Waals surface area contributed by atoms with Crippen LogP contribution in [0.1, 0.15) is 20.3 Å². The first kappa shape index (κ1) is 11.3. The summed E-state index contributed by atoms with van der Waals surface area (Å²) in [6.07, 6.45) is 0.983. The van der Waals surface area contributed by atoms with E-state index in [0.717, 1.165) is 31.9 Å². The summed E-state index contributed by atoms with van der Waals surface area (Å²) in [5, 5.41) is 15.7. The third-order valence-electron chi connectivity index (χ3n) is 3.46. The van der Waals surface area contributed by atoms with Crippen molar-refractivity contribution in [3.63, 3.8) is 0 Å². The lowest BCUT2D eigenvalue weighted by molar-refractivity contribution is -0.0443. The van der Waals surface area contributed by atoms with Crippen LogP contribution in [-0.4, -0.2) is 50.6 Å². The van der Waals surface area contributed by atoms with Crippen LogP contribution < -0.4 is 4.90 Å². The average Bonchev–Trinajstić information content (AvgIpc) is 2.86. The van der Waals surface area contributed by atoms with Crippen LogP contribution in [-0.2, 0) is 4.74 Å². The standard InChI is InChI=1S/C11H16N6O/c1-3-11(2)8-16(6-7-18-11)10-5-4-9-12-14-15-17(9)13-10/h4-5H,3,6-8H2,1-2H3. The molecule has 1 unspecified atom stereocenters. The number of hydrogen-bond acceptors (Lipinski definition) is 6. The number of fused-ring (bicyclic) bond motifs is 1. The van der Waals surface area contributed by atoms with Gasteiger partial charge in [0.25, 0.3) is 0 Å². The van der Waals surface area contributed by atoms with E-state index in [0.29, 0.717) is 5.65 Å². The monoisotopic (exact) mass is 248 g/mol. The van der Waals surface area contributed by atoms with Gasteiger partial charge in [-0.25, -0.2) is 0 Å². The van der Waals surface area contributed by atoms with Gasteiger partial charge in [-0.3, -0.25) is 0 Å². The largest absolute Gasteiger partial charge is 0.372 e. The van der Waals surface area contributed by atoms with Crippen LogP contribution in [0.2, 0.25) is 0 Å². The summed E-state index contributed by atoms with van der Waals surface area (Å²) in [4.78, 5) is 2.22. The molecule has 7 heteroatoms. The summed E-state index contributed by atoms with van der Waals surface area (Å²) in [6.45, 7) is 6.68. The second kappa shape index (κ2) is 4.16. The Kier molecular flexibility index (Phi) is 2.62. The zero-order chi connectivity index (χ0) is 12.6. The molecule has 18 heavy (non-hydrogen) atoms. The summed E-state index contributed by atoms with van der Waals surface area (Å²) in [5.41, 5.74) is 0.556. The minimum atomic E-state index is -0.102. The molecular weight excluding hydrogens is 232 g/mol. The van der Waals surface area contributed by atoms with Crippen LogP contribution in [0.15, 0.2) is 12.1 Å². The van der Waals surface area contributed by atoms with E-state index in [1.165, 1.54) is 4.63 Å². The van der Waals surface area contributed by atoms with Crippen LogP contribution in [0.3, 0.4) is 0 Å². The number of nitrogens with zero attached hydrogens (tertiary/aromatic N) is 6. The van der Waals surface area contributed by atoms with Crippen molar-refractivity contribution in [1.82, 2.24) is 25.3 Å². The highest BCUT2D eigenvalue weighted by Gasteiger charge is 2.31. The highest BCUT2D eigenvalue weighted by Crippen LogP contribution is 2.24. The summed E-state index contributed by atoms with van der Waals surface area (Å²) < 4.78 is 7.27. The molecule has 1 atom stereocenters. The molecule has 0 bridgehead atoms. The fourth-order valence-corrected chi connectivity index (χ4v) is 2.15. The molecule has 0 amide bonds. The van der Waals surface area contributed by atoms with E-state index in [4.69, 9.17) is 4.74 Å². The molecule has 1 fully saturated rings. The van der Waals surface area contributed by atoms with Crippen LogP contribution in [0.4, 0.5) is 5.82 Å². The molecule has 0 N–H and O–H groups in total. The Bertz CT molecular complexity index is 555. The molecule has 0 saturated carbocycles. The van der Waals surface area contributed by atoms with Gasteiger partial charge in [0.15, 0.2) is 11.5 Å². The Hall–Kier alpha value is -1.76. The van der Waals surface area contributed by atoms with E-state index in [9.17, 15) is 0 Å². The first-order valence-electron chi connectivity index (χ1n) is 6.14. The smallest absolute Gasteiger partial charge is 0.200 e. The first-order chi connectivity index (χ1) is 8.70. The van der Waals surface area contributed by atoms with E-state index in [1.807, 2.05) is 12.1 Å². The summed E-state index contributed by atoms with van der Waals surface area (Å²) in [5.74, 6) is 0.887. The molecule has 96 valence electrons. The molecule has 0 aliphatic carbocycles. The molecule has 0 spiro atoms. The molecule has 3 rings (SSSR count). The number of anilines is 1. The molecule has 7 nitrogen and oxygen atoms in total. The molecule has 0 aromatic carbocycles. The van der Waals surface area contributed by atoms with Crippen LogP contribution in [0.25, 0.3) is 5.65 Å². The number of tetrazole rings is 1. The predicted molar refractivity (Wildman–Crippen MR) is 65.4 cm³/mol. The van der Waals surface area contributed by atoms with Crippen molar-refractivity contribution < 1.29 is 4.74 Å². The van der Waals surface area contributed by atoms with Crippen molar-refractivity contribution in [3.05, 3.63) is 12.1 Å².